The first-order valence-corrected chi connectivity index (χ1v) is 7.38. The predicted molar refractivity (Wildman–Crippen MR) is 73.3 cm³/mol. The van der Waals surface area contributed by atoms with E-state index in [1.165, 1.54) is 4.90 Å². The number of nitrogens with zero attached hydrogens (tertiary/aromatic N) is 1. The van der Waals surface area contributed by atoms with E-state index in [1.54, 1.807) is 11.8 Å². The second kappa shape index (κ2) is 6.06. The average Bonchev–Trinajstić information content (AvgIpc) is 2.42. The van der Waals surface area contributed by atoms with E-state index in [2.05, 4.69) is 18.2 Å². The van der Waals surface area contributed by atoms with Gasteiger partial charge in [-0.3, -0.25) is 4.79 Å². The standard InChI is InChI=1S/C15H17NOS/c16-12-15(9-5-4-8-14(15)17)10-11-18-13-6-2-1-3-7-13/h1-3,6-7H,4-5,8-11H2. The molecule has 3 heteroatoms. The molecule has 1 saturated carbocycles. The summed E-state index contributed by atoms with van der Waals surface area (Å²) < 4.78 is 0. The van der Waals surface area contributed by atoms with E-state index in [0.29, 0.717) is 12.8 Å². The summed E-state index contributed by atoms with van der Waals surface area (Å²) in [5, 5.41) is 9.33. The highest BCUT2D eigenvalue weighted by Gasteiger charge is 2.39. The molecule has 2 nitrogen and oxygen atoms in total. The number of hydrogen-bond acceptors (Lipinski definition) is 3. The van der Waals surface area contributed by atoms with Crippen LogP contribution in [0.1, 0.15) is 32.1 Å². The molecule has 0 spiro atoms. The van der Waals surface area contributed by atoms with Crippen molar-refractivity contribution in [1.82, 2.24) is 0 Å². The number of benzene rings is 1. The van der Waals surface area contributed by atoms with Gasteiger partial charge < -0.3 is 0 Å². The number of carbonyl (C=O) groups excluding carboxylic acids is 1. The van der Waals surface area contributed by atoms with Crippen LogP contribution in [-0.4, -0.2) is 11.5 Å². The third kappa shape index (κ3) is 2.94. The zero-order chi connectivity index (χ0) is 12.8. The van der Waals surface area contributed by atoms with Gasteiger partial charge in [0.25, 0.3) is 0 Å². The number of rotatable bonds is 4. The van der Waals surface area contributed by atoms with E-state index in [0.717, 1.165) is 25.0 Å². The van der Waals surface area contributed by atoms with Gasteiger partial charge in [-0.25, -0.2) is 0 Å². The van der Waals surface area contributed by atoms with Gasteiger partial charge in [0.15, 0.2) is 5.78 Å². The molecular weight excluding hydrogens is 242 g/mol. The number of hydrogen-bond donors (Lipinski definition) is 0. The summed E-state index contributed by atoms with van der Waals surface area (Å²) >= 11 is 1.73. The number of ketones is 1. The van der Waals surface area contributed by atoms with Crippen molar-refractivity contribution >= 4 is 17.5 Å². The minimum absolute atomic E-state index is 0.157. The smallest absolute Gasteiger partial charge is 0.153 e. The summed E-state index contributed by atoms with van der Waals surface area (Å²) in [4.78, 5) is 13.2. The van der Waals surface area contributed by atoms with Gasteiger partial charge in [0.2, 0.25) is 0 Å². The third-order valence-corrected chi connectivity index (χ3v) is 4.56. The Morgan fingerprint density at radius 2 is 2.06 bits per heavy atom. The first kappa shape index (κ1) is 13.2. The number of nitriles is 1. The maximum absolute atomic E-state index is 12.0. The summed E-state index contributed by atoms with van der Waals surface area (Å²) in [6, 6.07) is 12.4. The molecule has 1 aromatic rings. The monoisotopic (exact) mass is 259 g/mol. The molecule has 0 saturated heterocycles. The Kier molecular flexibility index (Phi) is 4.43. The van der Waals surface area contributed by atoms with Crippen molar-refractivity contribution in [2.45, 2.75) is 37.0 Å². The van der Waals surface area contributed by atoms with E-state index in [1.807, 2.05) is 18.2 Å². The van der Waals surface area contributed by atoms with Gasteiger partial charge in [0.05, 0.1) is 6.07 Å². The Balaban J connectivity index is 1.92. The molecule has 0 radical (unpaired) electrons. The Bertz CT molecular complexity index is 451. The van der Waals surface area contributed by atoms with Crippen LogP contribution in [0.3, 0.4) is 0 Å². The van der Waals surface area contributed by atoms with Crippen LogP contribution in [0, 0.1) is 16.7 Å². The molecule has 0 amide bonds. The number of thioether (sulfide) groups is 1. The molecule has 0 N–H and O–H groups in total. The van der Waals surface area contributed by atoms with Crippen molar-refractivity contribution in [3.8, 4) is 6.07 Å². The van der Waals surface area contributed by atoms with Crippen LogP contribution in [-0.2, 0) is 4.79 Å². The molecule has 2 rings (SSSR count). The van der Waals surface area contributed by atoms with Gasteiger partial charge in [0.1, 0.15) is 5.41 Å². The first-order chi connectivity index (χ1) is 8.77. The van der Waals surface area contributed by atoms with E-state index in [-0.39, 0.29) is 5.78 Å². The van der Waals surface area contributed by atoms with Crippen molar-refractivity contribution in [2.75, 3.05) is 5.75 Å². The second-order valence-corrected chi connectivity index (χ2v) is 5.90. The van der Waals surface area contributed by atoms with Crippen LogP contribution in [0.15, 0.2) is 35.2 Å². The molecule has 1 atom stereocenters. The molecule has 18 heavy (non-hydrogen) atoms. The summed E-state index contributed by atoms with van der Waals surface area (Å²) in [7, 11) is 0. The summed E-state index contributed by atoms with van der Waals surface area (Å²) in [6.07, 6.45) is 3.98. The number of carbonyl (C=O) groups is 1. The molecule has 0 aromatic heterocycles. The largest absolute Gasteiger partial charge is 0.298 e. The van der Waals surface area contributed by atoms with E-state index in [4.69, 9.17) is 0 Å². The van der Waals surface area contributed by atoms with Crippen LogP contribution < -0.4 is 0 Å². The van der Waals surface area contributed by atoms with Crippen LogP contribution in [0.4, 0.5) is 0 Å². The van der Waals surface area contributed by atoms with Crippen molar-refractivity contribution in [1.29, 1.82) is 5.26 Å². The topological polar surface area (TPSA) is 40.9 Å². The van der Waals surface area contributed by atoms with Gasteiger partial charge >= 0.3 is 0 Å². The fraction of sp³-hybridized carbons (Fsp3) is 0.467. The molecule has 1 aliphatic carbocycles. The molecule has 0 aliphatic heterocycles. The first-order valence-electron chi connectivity index (χ1n) is 6.39. The van der Waals surface area contributed by atoms with Crippen LogP contribution in [0.25, 0.3) is 0 Å². The molecule has 1 aliphatic rings. The lowest BCUT2D eigenvalue weighted by Crippen LogP contribution is -2.33. The molecule has 1 unspecified atom stereocenters. The fourth-order valence-electron chi connectivity index (χ4n) is 2.39. The van der Waals surface area contributed by atoms with Gasteiger partial charge in [-0.05, 0) is 37.1 Å². The summed E-state index contributed by atoms with van der Waals surface area (Å²) in [6.45, 7) is 0. The van der Waals surface area contributed by atoms with Gasteiger partial charge in [-0.15, -0.1) is 11.8 Å². The maximum atomic E-state index is 12.0. The summed E-state index contributed by atoms with van der Waals surface area (Å²) in [5.74, 6) is 0.994. The Labute approximate surface area is 112 Å². The minimum atomic E-state index is -0.694. The molecule has 94 valence electrons. The Morgan fingerprint density at radius 1 is 1.28 bits per heavy atom. The van der Waals surface area contributed by atoms with E-state index >= 15 is 0 Å². The predicted octanol–water partition coefficient (Wildman–Crippen LogP) is 3.82. The van der Waals surface area contributed by atoms with Crippen molar-refractivity contribution in [3.63, 3.8) is 0 Å². The average molecular weight is 259 g/mol. The fourth-order valence-corrected chi connectivity index (χ4v) is 3.43. The van der Waals surface area contributed by atoms with Crippen molar-refractivity contribution < 1.29 is 4.79 Å². The van der Waals surface area contributed by atoms with Crippen molar-refractivity contribution in [3.05, 3.63) is 30.3 Å². The lowest BCUT2D eigenvalue weighted by atomic mass is 9.72. The van der Waals surface area contributed by atoms with Crippen molar-refractivity contribution in [2.24, 2.45) is 5.41 Å². The van der Waals surface area contributed by atoms with Gasteiger partial charge in [0, 0.05) is 11.3 Å². The Hall–Kier alpha value is -1.27. The zero-order valence-corrected chi connectivity index (χ0v) is 11.2. The van der Waals surface area contributed by atoms with Crippen LogP contribution in [0.2, 0.25) is 0 Å². The molecule has 0 bridgehead atoms. The molecule has 0 heterocycles. The molecular formula is C15H17NOS. The summed E-state index contributed by atoms with van der Waals surface area (Å²) in [5.41, 5.74) is -0.694. The lowest BCUT2D eigenvalue weighted by Gasteiger charge is -2.28. The highest BCUT2D eigenvalue weighted by atomic mass is 32.2. The maximum Gasteiger partial charge on any atom is 0.153 e. The van der Waals surface area contributed by atoms with Gasteiger partial charge in [-0.2, -0.15) is 5.26 Å². The minimum Gasteiger partial charge on any atom is -0.298 e. The van der Waals surface area contributed by atoms with Crippen LogP contribution in [0.5, 0.6) is 0 Å². The van der Waals surface area contributed by atoms with Gasteiger partial charge in [-0.1, -0.05) is 24.6 Å². The SMILES string of the molecule is N#CC1(CCSc2ccccc2)CCCCC1=O. The lowest BCUT2D eigenvalue weighted by molar-refractivity contribution is -0.128. The van der Waals surface area contributed by atoms with E-state index < -0.39 is 5.41 Å². The van der Waals surface area contributed by atoms with E-state index in [9.17, 15) is 10.1 Å². The Morgan fingerprint density at radius 3 is 2.72 bits per heavy atom. The quantitative estimate of drug-likeness (QED) is 0.772. The number of Topliss-reactive ketones (excluding diaryl/α,β-unsaturated/α-hetero) is 1. The molecule has 1 aromatic carbocycles. The normalized spacial score (nSPS) is 23.6. The van der Waals surface area contributed by atoms with Crippen LogP contribution >= 0.6 is 11.8 Å². The highest BCUT2D eigenvalue weighted by Crippen LogP contribution is 2.37. The third-order valence-electron chi connectivity index (χ3n) is 3.55. The highest BCUT2D eigenvalue weighted by molar-refractivity contribution is 7.99. The second-order valence-electron chi connectivity index (χ2n) is 4.74. The zero-order valence-electron chi connectivity index (χ0n) is 10.4. The molecule has 1 fully saturated rings.